The molecule has 0 amide bonds. The van der Waals surface area contributed by atoms with E-state index in [9.17, 15) is 0 Å². The van der Waals surface area contributed by atoms with Crippen LogP contribution in [0.25, 0.3) is 11.5 Å². The van der Waals surface area contributed by atoms with Crippen LogP contribution in [-0.2, 0) is 6.54 Å². The molecular weight excluding hydrogens is 465 g/mol. The van der Waals surface area contributed by atoms with Crippen LogP contribution in [0.2, 0.25) is 0 Å². The Kier molecular flexibility index (Phi) is 9.77. The lowest BCUT2D eigenvalue weighted by molar-refractivity contribution is 0.185. The van der Waals surface area contributed by atoms with Crippen LogP contribution >= 0.6 is 24.0 Å². The maximum Gasteiger partial charge on any atom is 0.226 e. The maximum absolute atomic E-state index is 5.59. The standard InChI is InChI=1S/C21H31N5O.HI/c1-3-11-26-12-9-17(10-13-26)14-23-21(22-2)24-15-19-16-27-20(25-19)18-7-5-4-6-8-18;/h4-8,16-17H,3,9-15H2,1-2H3,(H2,22,23,24);1H. The van der Waals surface area contributed by atoms with E-state index in [2.05, 4.69) is 32.4 Å². The summed E-state index contributed by atoms with van der Waals surface area (Å²) in [5.74, 6) is 2.18. The summed E-state index contributed by atoms with van der Waals surface area (Å²) in [6.07, 6.45) is 5.46. The fourth-order valence-electron chi connectivity index (χ4n) is 3.47. The summed E-state index contributed by atoms with van der Waals surface area (Å²) in [5.41, 5.74) is 1.85. The Balaban J connectivity index is 0.00000280. The molecule has 2 aromatic rings. The summed E-state index contributed by atoms with van der Waals surface area (Å²) < 4.78 is 5.59. The quantitative estimate of drug-likeness (QED) is 0.347. The number of nitrogens with zero attached hydrogens (tertiary/aromatic N) is 3. The van der Waals surface area contributed by atoms with Gasteiger partial charge in [0.15, 0.2) is 5.96 Å². The van der Waals surface area contributed by atoms with Gasteiger partial charge in [-0.2, -0.15) is 0 Å². The Morgan fingerprint density at radius 3 is 2.64 bits per heavy atom. The molecule has 1 aliphatic heterocycles. The maximum atomic E-state index is 5.59. The monoisotopic (exact) mass is 497 g/mol. The van der Waals surface area contributed by atoms with E-state index in [1.54, 1.807) is 13.3 Å². The van der Waals surface area contributed by atoms with E-state index in [0.717, 1.165) is 23.8 Å². The zero-order valence-electron chi connectivity index (χ0n) is 16.9. The van der Waals surface area contributed by atoms with E-state index in [1.807, 2.05) is 30.3 Å². The molecule has 154 valence electrons. The predicted octanol–water partition coefficient (Wildman–Crippen LogP) is 3.75. The number of aliphatic imine (C=N–C) groups is 1. The molecule has 3 rings (SSSR count). The highest BCUT2D eigenvalue weighted by molar-refractivity contribution is 14.0. The molecule has 0 spiro atoms. The van der Waals surface area contributed by atoms with Gasteiger partial charge in [0.05, 0.1) is 12.2 Å². The van der Waals surface area contributed by atoms with Crippen LogP contribution in [0.1, 0.15) is 31.9 Å². The first kappa shape index (κ1) is 22.7. The van der Waals surface area contributed by atoms with Crippen LogP contribution in [0.3, 0.4) is 0 Å². The van der Waals surface area contributed by atoms with Gasteiger partial charge < -0.3 is 20.0 Å². The molecular formula is C21H32IN5O. The van der Waals surface area contributed by atoms with Gasteiger partial charge in [-0.25, -0.2) is 4.98 Å². The molecule has 7 heteroatoms. The van der Waals surface area contributed by atoms with Crippen molar-refractivity contribution >= 4 is 29.9 Å². The average molecular weight is 497 g/mol. The van der Waals surface area contributed by atoms with Gasteiger partial charge in [-0.05, 0) is 56.9 Å². The minimum Gasteiger partial charge on any atom is -0.444 e. The van der Waals surface area contributed by atoms with E-state index in [1.165, 1.54) is 38.9 Å². The summed E-state index contributed by atoms with van der Waals surface area (Å²) in [6, 6.07) is 9.94. The molecule has 1 aromatic heterocycles. The summed E-state index contributed by atoms with van der Waals surface area (Å²) in [7, 11) is 1.80. The molecule has 0 atom stereocenters. The van der Waals surface area contributed by atoms with Gasteiger partial charge in [0.25, 0.3) is 0 Å². The van der Waals surface area contributed by atoms with Gasteiger partial charge >= 0.3 is 0 Å². The second-order valence-electron chi connectivity index (χ2n) is 7.10. The van der Waals surface area contributed by atoms with Crippen molar-refractivity contribution in [1.82, 2.24) is 20.5 Å². The number of halogens is 1. The van der Waals surface area contributed by atoms with Crippen molar-refractivity contribution < 1.29 is 4.42 Å². The minimum atomic E-state index is 0. The summed E-state index contributed by atoms with van der Waals surface area (Å²) in [6.45, 7) is 7.46. The van der Waals surface area contributed by atoms with Gasteiger partial charge in [-0.3, -0.25) is 4.99 Å². The molecule has 2 heterocycles. The first-order valence-electron chi connectivity index (χ1n) is 9.95. The Bertz CT molecular complexity index is 711. The normalized spacial score (nSPS) is 15.9. The number of aromatic nitrogens is 1. The van der Waals surface area contributed by atoms with Crippen molar-refractivity contribution in [1.29, 1.82) is 0 Å². The van der Waals surface area contributed by atoms with Crippen molar-refractivity contribution in [2.45, 2.75) is 32.7 Å². The Hall–Kier alpha value is -1.61. The first-order chi connectivity index (χ1) is 13.3. The molecule has 2 N–H and O–H groups in total. The van der Waals surface area contributed by atoms with Crippen molar-refractivity contribution in [3.8, 4) is 11.5 Å². The molecule has 6 nitrogen and oxygen atoms in total. The summed E-state index contributed by atoms with van der Waals surface area (Å²) in [5, 5.41) is 6.78. The second-order valence-corrected chi connectivity index (χ2v) is 7.10. The fourth-order valence-corrected chi connectivity index (χ4v) is 3.47. The third kappa shape index (κ3) is 6.77. The number of likely N-dealkylation sites (tertiary alicyclic amines) is 1. The lowest BCUT2D eigenvalue weighted by atomic mass is 9.97. The van der Waals surface area contributed by atoms with E-state index in [0.29, 0.717) is 18.4 Å². The van der Waals surface area contributed by atoms with Crippen LogP contribution in [0, 0.1) is 5.92 Å². The first-order valence-corrected chi connectivity index (χ1v) is 9.95. The molecule has 0 saturated carbocycles. The molecule has 28 heavy (non-hydrogen) atoms. The Morgan fingerprint density at radius 1 is 1.21 bits per heavy atom. The van der Waals surface area contributed by atoms with Gasteiger partial charge in [0.2, 0.25) is 5.89 Å². The summed E-state index contributed by atoms with van der Waals surface area (Å²) >= 11 is 0. The van der Waals surface area contributed by atoms with Crippen molar-refractivity contribution in [3.63, 3.8) is 0 Å². The van der Waals surface area contributed by atoms with Crippen molar-refractivity contribution in [3.05, 3.63) is 42.3 Å². The number of guanidine groups is 1. The number of rotatable bonds is 7. The molecule has 0 unspecified atom stereocenters. The van der Waals surface area contributed by atoms with Crippen LogP contribution in [0.5, 0.6) is 0 Å². The van der Waals surface area contributed by atoms with Crippen LogP contribution in [0.15, 0.2) is 46.0 Å². The molecule has 1 aromatic carbocycles. The number of benzene rings is 1. The third-order valence-electron chi connectivity index (χ3n) is 5.04. The van der Waals surface area contributed by atoms with Crippen LogP contribution in [0.4, 0.5) is 0 Å². The SMILES string of the molecule is CCCN1CCC(CNC(=NC)NCc2coc(-c3ccccc3)n2)CC1.I. The number of oxazole rings is 1. The van der Waals surface area contributed by atoms with Crippen LogP contribution in [-0.4, -0.2) is 49.1 Å². The smallest absolute Gasteiger partial charge is 0.226 e. The van der Waals surface area contributed by atoms with E-state index in [-0.39, 0.29) is 24.0 Å². The fraction of sp³-hybridized carbons (Fsp3) is 0.524. The van der Waals surface area contributed by atoms with Gasteiger partial charge in [0, 0.05) is 19.2 Å². The number of hydrogen-bond acceptors (Lipinski definition) is 4. The highest BCUT2D eigenvalue weighted by Gasteiger charge is 2.18. The largest absolute Gasteiger partial charge is 0.444 e. The Morgan fingerprint density at radius 2 is 1.96 bits per heavy atom. The van der Waals surface area contributed by atoms with Crippen LogP contribution < -0.4 is 10.6 Å². The predicted molar refractivity (Wildman–Crippen MR) is 125 cm³/mol. The zero-order valence-corrected chi connectivity index (χ0v) is 19.2. The van der Waals surface area contributed by atoms with Gasteiger partial charge in [-0.1, -0.05) is 25.1 Å². The lowest BCUT2D eigenvalue weighted by Crippen LogP contribution is -2.42. The number of piperidine rings is 1. The molecule has 1 saturated heterocycles. The van der Waals surface area contributed by atoms with E-state index < -0.39 is 0 Å². The third-order valence-corrected chi connectivity index (χ3v) is 5.04. The highest BCUT2D eigenvalue weighted by Crippen LogP contribution is 2.18. The van der Waals surface area contributed by atoms with Crippen molar-refractivity contribution in [2.75, 3.05) is 33.2 Å². The average Bonchev–Trinajstić information content (AvgIpc) is 3.19. The zero-order chi connectivity index (χ0) is 18.9. The van der Waals surface area contributed by atoms with E-state index >= 15 is 0 Å². The minimum absolute atomic E-state index is 0. The molecule has 0 aliphatic carbocycles. The molecule has 1 fully saturated rings. The van der Waals surface area contributed by atoms with E-state index in [4.69, 9.17) is 4.42 Å². The van der Waals surface area contributed by atoms with Crippen molar-refractivity contribution in [2.24, 2.45) is 10.9 Å². The molecule has 0 radical (unpaired) electrons. The molecule has 1 aliphatic rings. The molecule has 0 bridgehead atoms. The van der Waals surface area contributed by atoms with Gasteiger partial charge in [-0.15, -0.1) is 24.0 Å². The number of nitrogens with one attached hydrogen (secondary N) is 2. The Labute approximate surface area is 185 Å². The second kappa shape index (κ2) is 12.1. The lowest BCUT2D eigenvalue weighted by Gasteiger charge is -2.32. The highest BCUT2D eigenvalue weighted by atomic mass is 127. The van der Waals surface area contributed by atoms with Gasteiger partial charge in [0.1, 0.15) is 6.26 Å². The topological polar surface area (TPSA) is 65.7 Å². The number of hydrogen-bond donors (Lipinski definition) is 2. The summed E-state index contributed by atoms with van der Waals surface area (Å²) in [4.78, 5) is 11.4.